The van der Waals surface area contributed by atoms with Crippen LogP contribution in [0.5, 0.6) is 0 Å². The molecule has 4 nitrogen and oxygen atoms in total. The molecular weight excluding hydrogens is 121 g/mol. The zero-order valence-electron chi connectivity index (χ0n) is 4.71. The van der Waals surface area contributed by atoms with E-state index >= 15 is 0 Å². The van der Waals surface area contributed by atoms with Crippen molar-refractivity contribution in [3.05, 3.63) is 0 Å². The minimum absolute atomic E-state index is 0. The van der Waals surface area contributed by atoms with E-state index in [4.69, 9.17) is 20.3 Å². The summed E-state index contributed by atoms with van der Waals surface area (Å²) in [4.78, 5) is 8.44. The summed E-state index contributed by atoms with van der Waals surface area (Å²) in [6.45, 7) is 1.43. The average molecular weight is 125 g/mol. The monoisotopic (exact) mass is 125 g/mol. The Morgan fingerprint density at radius 1 is 1.88 bits per heavy atom. The van der Waals surface area contributed by atoms with Crippen molar-refractivity contribution in [1.29, 1.82) is 5.26 Å². The Morgan fingerprint density at radius 3 is 1.88 bits per heavy atom. The van der Waals surface area contributed by atoms with Crippen LogP contribution in [0.2, 0.25) is 0 Å². The van der Waals surface area contributed by atoms with Gasteiger partial charge in [-0.05, 0) is 0 Å². The van der Waals surface area contributed by atoms with Gasteiger partial charge in [0, 0.05) is 6.92 Å². The average Bonchev–Trinajstić information content (AvgIpc) is 1.33. The van der Waals surface area contributed by atoms with E-state index in [0.29, 0.717) is 0 Å². The van der Waals surface area contributed by atoms with Crippen LogP contribution in [0.3, 0.4) is 0 Å². The van der Waals surface area contributed by atoms with E-state index in [-0.39, 0.29) is 29.6 Å². The SMILES string of the molecule is CC#N.O=C([O-])O.[Na+]. The van der Waals surface area contributed by atoms with E-state index in [1.807, 2.05) is 0 Å². The van der Waals surface area contributed by atoms with E-state index in [9.17, 15) is 0 Å². The Labute approximate surface area is 69.0 Å². The van der Waals surface area contributed by atoms with Crippen molar-refractivity contribution in [2.75, 3.05) is 0 Å². The molecule has 0 rings (SSSR count). The predicted octanol–water partition coefficient (Wildman–Crippen LogP) is -3.58. The molecule has 5 heteroatoms. The maximum absolute atomic E-state index is 8.44. The summed E-state index contributed by atoms with van der Waals surface area (Å²) in [5.74, 6) is 0. The summed E-state index contributed by atoms with van der Waals surface area (Å²) in [5, 5.41) is 22.6. The third-order valence-electron chi connectivity index (χ3n) is 0. The molecular formula is C3H4NNaO3. The van der Waals surface area contributed by atoms with E-state index in [0.717, 1.165) is 0 Å². The van der Waals surface area contributed by atoms with Crippen LogP contribution < -0.4 is 34.7 Å². The van der Waals surface area contributed by atoms with Gasteiger partial charge in [0.15, 0.2) is 0 Å². The Kier molecular flexibility index (Phi) is 31.0. The molecule has 0 saturated carbocycles. The molecule has 0 spiro atoms. The summed E-state index contributed by atoms with van der Waals surface area (Å²) >= 11 is 0. The summed E-state index contributed by atoms with van der Waals surface area (Å²) < 4.78 is 0. The van der Waals surface area contributed by atoms with Gasteiger partial charge in [-0.3, -0.25) is 0 Å². The van der Waals surface area contributed by atoms with Crippen LogP contribution in [-0.2, 0) is 0 Å². The first-order chi connectivity index (χ1) is 3.15. The molecule has 0 atom stereocenters. The van der Waals surface area contributed by atoms with Gasteiger partial charge in [-0.15, -0.1) is 0 Å². The zero-order chi connectivity index (χ0) is 6.28. The van der Waals surface area contributed by atoms with Crippen LogP contribution in [0.1, 0.15) is 6.92 Å². The molecule has 0 aromatic rings. The molecule has 0 saturated heterocycles. The van der Waals surface area contributed by atoms with Gasteiger partial charge in [0.1, 0.15) is 0 Å². The molecule has 0 fully saturated rings. The first-order valence-corrected chi connectivity index (χ1v) is 1.36. The second-order valence-corrected chi connectivity index (χ2v) is 0.490. The van der Waals surface area contributed by atoms with Gasteiger partial charge in [-0.2, -0.15) is 5.26 Å². The summed E-state index contributed by atoms with van der Waals surface area (Å²) in [7, 11) is 0. The van der Waals surface area contributed by atoms with E-state index in [2.05, 4.69) is 0 Å². The quantitative estimate of drug-likeness (QED) is 0.339. The number of hydrogen-bond acceptors (Lipinski definition) is 3. The largest absolute Gasteiger partial charge is 1.00 e. The summed E-state index contributed by atoms with van der Waals surface area (Å²) in [5.41, 5.74) is 0. The van der Waals surface area contributed by atoms with Gasteiger partial charge >= 0.3 is 29.6 Å². The van der Waals surface area contributed by atoms with Crippen molar-refractivity contribution in [2.45, 2.75) is 6.92 Å². The second-order valence-electron chi connectivity index (χ2n) is 0.490. The van der Waals surface area contributed by atoms with Crippen LogP contribution in [0.25, 0.3) is 0 Å². The van der Waals surface area contributed by atoms with Crippen LogP contribution in [0, 0.1) is 11.3 Å². The fourth-order valence-electron chi connectivity index (χ4n) is 0. The molecule has 0 aliphatic carbocycles. The van der Waals surface area contributed by atoms with Crippen molar-refractivity contribution in [3.8, 4) is 6.07 Å². The van der Waals surface area contributed by atoms with Gasteiger partial charge in [0.25, 0.3) is 0 Å². The number of hydrogen-bond donors (Lipinski definition) is 1. The van der Waals surface area contributed by atoms with Crippen molar-refractivity contribution in [1.82, 2.24) is 0 Å². The van der Waals surface area contributed by atoms with Gasteiger partial charge in [-0.25, -0.2) is 0 Å². The molecule has 0 amide bonds. The van der Waals surface area contributed by atoms with Crippen molar-refractivity contribution in [2.24, 2.45) is 0 Å². The van der Waals surface area contributed by atoms with Crippen LogP contribution in [-0.4, -0.2) is 11.3 Å². The normalized spacial score (nSPS) is 4.00. The minimum Gasteiger partial charge on any atom is -0.565 e. The molecule has 0 heterocycles. The molecule has 0 radical (unpaired) electrons. The van der Waals surface area contributed by atoms with Crippen molar-refractivity contribution < 1.29 is 44.6 Å². The first kappa shape index (κ1) is 15.7. The number of nitrogens with zero attached hydrogens (tertiary/aromatic N) is 1. The van der Waals surface area contributed by atoms with Gasteiger partial charge in [0.05, 0.1) is 6.07 Å². The maximum atomic E-state index is 8.44. The topological polar surface area (TPSA) is 84.2 Å². The summed E-state index contributed by atoms with van der Waals surface area (Å²) in [6, 6.07) is 1.75. The third kappa shape index (κ3) is 2270. The van der Waals surface area contributed by atoms with Crippen LogP contribution >= 0.6 is 0 Å². The van der Waals surface area contributed by atoms with Gasteiger partial charge in [-0.1, -0.05) is 0 Å². The molecule has 1 N–H and O–H groups in total. The molecule has 40 valence electrons. The zero-order valence-corrected chi connectivity index (χ0v) is 6.71. The fraction of sp³-hybridized carbons (Fsp3) is 0.333. The first-order valence-electron chi connectivity index (χ1n) is 1.36. The second kappa shape index (κ2) is 15.9. The van der Waals surface area contributed by atoms with Crippen LogP contribution in [0.4, 0.5) is 4.79 Å². The number of carbonyl (C=O) groups is 1. The standard InChI is InChI=1S/C2H3N.CH2O3.Na/c1-2-3;2-1(3)4;/h1H3;(H2,2,3,4);/q;;+1/p-1. The van der Waals surface area contributed by atoms with Gasteiger partial charge in [0.2, 0.25) is 6.16 Å². The minimum atomic E-state index is -2.08. The fourth-order valence-corrected chi connectivity index (χ4v) is 0. The maximum Gasteiger partial charge on any atom is 1.00 e. The molecule has 0 aliphatic rings. The Bertz CT molecular complexity index is 83.0. The molecule has 0 aromatic carbocycles. The Balaban J connectivity index is -0.0000000575. The van der Waals surface area contributed by atoms with Crippen molar-refractivity contribution >= 4 is 6.16 Å². The van der Waals surface area contributed by atoms with Crippen LogP contribution in [0.15, 0.2) is 0 Å². The summed E-state index contributed by atoms with van der Waals surface area (Å²) in [6.07, 6.45) is -2.08. The Hall–Kier alpha value is -0.240. The van der Waals surface area contributed by atoms with Gasteiger partial charge < -0.3 is 15.0 Å². The molecule has 0 aromatic heterocycles. The predicted molar refractivity (Wildman–Crippen MR) is 19.3 cm³/mol. The number of carboxylic acid groups (broad SMARTS) is 2. The smallest absolute Gasteiger partial charge is 0.565 e. The molecule has 0 bridgehead atoms. The van der Waals surface area contributed by atoms with Crippen molar-refractivity contribution in [3.63, 3.8) is 0 Å². The van der Waals surface area contributed by atoms with E-state index in [1.54, 1.807) is 6.07 Å². The molecule has 8 heavy (non-hydrogen) atoms. The third-order valence-corrected chi connectivity index (χ3v) is 0. The number of rotatable bonds is 0. The van der Waals surface area contributed by atoms with E-state index in [1.165, 1.54) is 6.92 Å². The molecule has 0 unspecified atom stereocenters. The molecule has 0 aliphatic heterocycles. The number of nitriles is 1. The van der Waals surface area contributed by atoms with E-state index < -0.39 is 6.16 Å². The Morgan fingerprint density at radius 2 is 1.88 bits per heavy atom.